The molecule has 0 spiro atoms. The first-order valence-electron chi connectivity index (χ1n) is 7.00. The summed E-state index contributed by atoms with van der Waals surface area (Å²) in [6, 6.07) is 4.13. The Kier molecular flexibility index (Phi) is 4.15. The fourth-order valence-electron chi connectivity index (χ4n) is 2.37. The topological polar surface area (TPSA) is 55.3 Å². The third-order valence-electron chi connectivity index (χ3n) is 3.48. The molecule has 21 heavy (non-hydrogen) atoms. The van der Waals surface area contributed by atoms with Crippen LogP contribution < -0.4 is 4.74 Å². The van der Waals surface area contributed by atoms with Gasteiger partial charge in [0.2, 0.25) is 0 Å². The lowest BCUT2D eigenvalue weighted by molar-refractivity contribution is 0.0583. The van der Waals surface area contributed by atoms with Crippen LogP contribution in [0.5, 0.6) is 6.01 Å². The summed E-state index contributed by atoms with van der Waals surface area (Å²) in [4.78, 5) is 23.2. The molecule has 6 heteroatoms. The number of hydrogen-bond acceptors (Lipinski definition) is 5. The van der Waals surface area contributed by atoms with Crippen molar-refractivity contribution in [3.63, 3.8) is 0 Å². The highest BCUT2D eigenvalue weighted by molar-refractivity contribution is 7.12. The van der Waals surface area contributed by atoms with E-state index in [1.807, 2.05) is 23.3 Å². The van der Waals surface area contributed by atoms with Gasteiger partial charge in [0, 0.05) is 38.3 Å². The molecule has 5 nitrogen and oxygen atoms in total. The van der Waals surface area contributed by atoms with Gasteiger partial charge >= 0.3 is 6.01 Å². The van der Waals surface area contributed by atoms with Crippen LogP contribution in [0.1, 0.15) is 28.1 Å². The SMILES string of the molecule is Cc1csc(C(=O)N2CCC(Oc3ncccn3)CC2)c1. The number of nitrogens with zero attached hydrogens (tertiary/aromatic N) is 3. The summed E-state index contributed by atoms with van der Waals surface area (Å²) in [6.07, 6.45) is 5.05. The van der Waals surface area contributed by atoms with Crippen LogP contribution in [0.4, 0.5) is 0 Å². The highest BCUT2D eigenvalue weighted by atomic mass is 32.1. The third-order valence-corrected chi connectivity index (χ3v) is 4.52. The number of aryl methyl sites for hydroxylation is 1. The summed E-state index contributed by atoms with van der Waals surface area (Å²) in [7, 11) is 0. The van der Waals surface area contributed by atoms with Crippen LogP contribution in [0.15, 0.2) is 29.9 Å². The van der Waals surface area contributed by atoms with Crippen molar-refractivity contribution >= 4 is 17.2 Å². The van der Waals surface area contributed by atoms with Crippen LogP contribution in [-0.2, 0) is 0 Å². The molecule has 0 saturated carbocycles. The summed E-state index contributed by atoms with van der Waals surface area (Å²) >= 11 is 1.51. The van der Waals surface area contributed by atoms with Gasteiger partial charge in [-0.15, -0.1) is 11.3 Å². The normalized spacial score (nSPS) is 16.0. The number of amides is 1. The van der Waals surface area contributed by atoms with Crippen molar-refractivity contribution in [2.45, 2.75) is 25.9 Å². The second kappa shape index (κ2) is 6.22. The lowest BCUT2D eigenvalue weighted by atomic mass is 10.1. The van der Waals surface area contributed by atoms with Crippen molar-refractivity contribution in [2.75, 3.05) is 13.1 Å². The molecule has 1 aliphatic rings. The Morgan fingerprint density at radius 3 is 2.67 bits per heavy atom. The maximum atomic E-state index is 12.3. The monoisotopic (exact) mass is 303 g/mol. The molecule has 1 saturated heterocycles. The van der Waals surface area contributed by atoms with Crippen LogP contribution in [-0.4, -0.2) is 40.0 Å². The summed E-state index contributed by atoms with van der Waals surface area (Å²) in [5.41, 5.74) is 1.14. The summed E-state index contributed by atoms with van der Waals surface area (Å²) in [6.45, 7) is 3.44. The molecule has 0 radical (unpaired) electrons. The second-order valence-electron chi connectivity index (χ2n) is 5.13. The van der Waals surface area contributed by atoms with Gasteiger partial charge in [-0.25, -0.2) is 9.97 Å². The van der Waals surface area contributed by atoms with E-state index in [-0.39, 0.29) is 12.0 Å². The van der Waals surface area contributed by atoms with Crippen molar-refractivity contribution < 1.29 is 9.53 Å². The van der Waals surface area contributed by atoms with Gasteiger partial charge in [0.25, 0.3) is 5.91 Å². The van der Waals surface area contributed by atoms with E-state index in [9.17, 15) is 4.79 Å². The third kappa shape index (κ3) is 3.39. The molecule has 0 N–H and O–H groups in total. The lowest BCUT2D eigenvalue weighted by Crippen LogP contribution is -2.41. The van der Waals surface area contributed by atoms with Crippen molar-refractivity contribution in [2.24, 2.45) is 0 Å². The molecule has 110 valence electrons. The molecule has 2 aromatic heterocycles. The molecule has 0 bridgehead atoms. The van der Waals surface area contributed by atoms with E-state index in [1.54, 1.807) is 18.5 Å². The minimum atomic E-state index is 0.0847. The van der Waals surface area contributed by atoms with Crippen molar-refractivity contribution in [1.29, 1.82) is 0 Å². The summed E-state index contributed by atoms with van der Waals surface area (Å²) in [5, 5.41) is 2.01. The molecule has 1 amide bonds. The molecule has 2 aromatic rings. The molecule has 1 aliphatic heterocycles. The zero-order chi connectivity index (χ0) is 14.7. The Morgan fingerprint density at radius 2 is 2.05 bits per heavy atom. The van der Waals surface area contributed by atoms with Crippen LogP contribution in [0.25, 0.3) is 0 Å². The highest BCUT2D eigenvalue weighted by Gasteiger charge is 2.25. The van der Waals surface area contributed by atoms with Crippen LogP contribution in [0.3, 0.4) is 0 Å². The van der Waals surface area contributed by atoms with Crippen LogP contribution in [0, 0.1) is 6.92 Å². The Balaban J connectivity index is 1.54. The molecule has 3 rings (SSSR count). The Labute approximate surface area is 127 Å². The van der Waals surface area contributed by atoms with Crippen LogP contribution in [0.2, 0.25) is 0 Å². The van der Waals surface area contributed by atoms with Gasteiger partial charge in [-0.1, -0.05) is 0 Å². The van der Waals surface area contributed by atoms with Gasteiger partial charge in [0.1, 0.15) is 6.10 Å². The van der Waals surface area contributed by atoms with E-state index in [0.29, 0.717) is 19.1 Å². The molecule has 0 unspecified atom stereocenters. The Morgan fingerprint density at radius 1 is 1.33 bits per heavy atom. The second-order valence-corrected chi connectivity index (χ2v) is 6.04. The van der Waals surface area contributed by atoms with Crippen molar-refractivity contribution in [1.82, 2.24) is 14.9 Å². The minimum absolute atomic E-state index is 0.0847. The van der Waals surface area contributed by atoms with Gasteiger partial charge in [-0.2, -0.15) is 0 Å². The zero-order valence-electron chi connectivity index (χ0n) is 11.9. The largest absolute Gasteiger partial charge is 0.460 e. The molecule has 1 fully saturated rings. The Bertz CT molecular complexity index is 606. The first-order valence-corrected chi connectivity index (χ1v) is 7.88. The predicted molar refractivity (Wildman–Crippen MR) is 80.6 cm³/mol. The molecule has 3 heterocycles. The number of thiophene rings is 1. The average Bonchev–Trinajstić information content (AvgIpc) is 2.95. The van der Waals surface area contributed by atoms with E-state index in [2.05, 4.69) is 9.97 Å². The quantitative estimate of drug-likeness (QED) is 0.874. The average molecular weight is 303 g/mol. The van der Waals surface area contributed by atoms with Gasteiger partial charge in [-0.05, 0) is 30.0 Å². The highest BCUT2D eigenvalue weighted by Crippen LogP contribution is 2.20. The smallest absolute Gasteiger partial charge is 0.316 e. The number of rotatable bonds is 3. The fraction of sp³-hybridized carbons (Fsp3) is 0.400. The van der Waals surface area contributed by atoms with Gasteiger partial charge in [0.15, 0.2) is 0 Å². The maximum Gasteiger partial charge on any atom is 0.316 e. The van der Waals surface area contributed by atoms with Crippen molar-refractivity contribution in [3.05, 3.63) is 40.3 Å². The number of likely N-dealkylation sites (tertiary alicyclic amines) is 1. The molecule has 0 aliphatic carbocycles. The van der Waals surface area contributed by atoms with E-state index in [0.717, 1.165) is 23.3 Å². The number of carbonyl (C=O) groups excluding carboxylic acids is 1. The van der Waals surface area contributed by atoms with Gasteiger partial charge in [-0.3, -0.25) is 4.79 Å². The molecular formula is C15H17N3O2S. The number of ether oxygens (including phenoxy) is 1. The predicted octanol–water partition coefficient (Wildman–Crippen LogP) is 2.53. The lowest BCUT2D eigenvalue weighted by Gasteiger charge is -2.31. The van der Waals surface area contributed by atoms with E-state index in [4.69, 9.17) is 4.74 Å². The van der Waals surface area contributed by atoms with E-state index in [1.165, 1.54) is 11.3 Å². The fourth-order valence-corrected chi connectivity index (χ4v) is 3.24. The van der Waals surface area contributed by atoms with Gasteiger partial charge < -0.3 is 9.64 Å². The molecule has 0 atom stereocenters. The summed E-state index contributed by atoms with van der Waals surface area (Å²) in [5.74, 6) is 0.127. The zero-order valence-corrected chi connectivity index (χ0v) is 12.7. The standard InChI is InChI=1S/C15H17N3O2S/c1-11-9-13(21-10-11)14(19)18-7-3-12(4-8-18)20-15-16-5-2-6-17-15/h2,5-6,9-10,12H,3-4,7-8H2,1H3. The minimum Gasteiger partial charge on any atom is -0.460 e. The number of hydrogen-bond donors (Lipinski definition) is 0. The maximum absolute atomic E-state index is 12.3. The molecular weight excluding hydrogens is 286 g/mol. The van der Waals surface area contributed by atoms with E-state index < -0.39 is 0 Å². The molecule has 0 aromatic carbocycles. The van der Waals surface area contributed by atoms with Crippen LogP contribution >= 0.6 is 11.3 Å². The number of aromatic nitrogens is 2. The number of piperidine rings is 1. The van der Waals surface area contributed by atoms with Crippen molar-refractivity contribution in [3.8, 4) is 6.01 Å². The first kappa shape index (κ1) is 14.0. The van der Waals surface area contributed by atoms with E-state index >= 15 is 0 Å². The van der Waals surface area contributed by atoms with Gasteiger partial charge in [0.05, 0.1) is 4.88 Å². The Hall–Kier alpha value is -1.95. The summed E-state index contributed by atoms with van der Waals surface area (Å²) < 4.78 is 5.74. The number of carbonyl (C=O) groups is 1. The first-order chi connectivity index (χ1) is 10.2.